The SMILES string of the molecule is CN(C)CCN(C)C(=O)[C@H]1Cc2ccccc2CN1. The number of benzene rings is 1. The van der Waals surface area contributed by atoms with Crippen molar-refractivity contribution in [1.82, 2.24) is 15.1 Å². The zero-order valence-corrected chi connectivity index (χ0v) is 12.0. The van der Waals surface area contributed by atoms with Gasteiger partial charge in [0.1, 0.15) is 0 Å². The van der Waals surface area contributed by atoms with Crippen molar-refractivity contribution in [2.75, 3.05) is 34.2 Å². The summed E-state index contributed by atoms with van der Waals surface area (Å²) in [6.07, 6.45) is 0.793. The van der Waals surface area contributed by atoms with Crippen molar-refractivity contribution < 1.29 is 4.79 Å². The second kappa shape index (κ2) is 6.17. The summed E-state index contributed by atoms with van der Waals surface area (Å²) in [5, 5.41) is 3.34. The molecule has 0 saturated carbocycles. The fourth-order valence-corrected chi connectivity index (χ4v) is 2.36. The Hall–Kier alpha value is -1.39. The summed E-state index contributed by atoms with van der Waals surface area (Å²) in [5.41, 5.74) is 2.60. The lowest BCUT2D eigenvalue weighted by atomic mass is 9.95. The minimum absolute atomic E-state index is 0.0814. The van der Waals surface area contributed by atoms with Crippen LogP contribution in [0.1, 0.15) is 11.1 Å². The number of nitrogens with one attached hydrogen (secondary N) is 1. The molecule has 4 nitrogen and oxygen atoms in total. The maximum Gasteiger partial charge on any atom is 0.239 e. The van der Waals surface area contributed by atoms with Crippen molar-refractivity contribution in [2.24, 2.45) is 0 Å². The van der Waals surface area contributed by atoms with Gasteiger partial charge in [0, 0.05) is 26.7 Å². The second-order valence-corrected chi connectivity index (χ2v) is 5.47. The van der Waals surface area contributed by atoms with Gasteiger partial charge in [0.25, 0.3) is 0 Å². The van der Waals surface area contributed by atoms with Gasteiger partial charge in [0.2, 0.25) is 5.91 Å². The van der Waals surface area contributed by atoms with E-state index in [1.54, 1.807) is 0 Å². The maximum atomic E-state index is 12.4. The molecule has 0 aromatic heterocycles. The van der Waals surface area contributed by atoms with E-state index in [9.17, 15) is 4.79 Å². The Bertz CT molecular complexity index is 445. The third kappa shape index (κ3) is 3.55. The van der Waals surface area contributed by atoms with Gasteiger partial charge in [0.05, 0.1) is 6.04 Å². The van der Waals surface area contributed by atoms with Gasteiger partial charge in [-0.15, -0.1) is 0 Å². The van der Waals surface area contributed by atoms with Crippen molar-refractivity contribution in [3.63, 3.8) is 0 Å². The van der Waals surface area contributed by atoms with E-state index in [0.717, 1.165) is 26.1 Å². The number of rotatable bonds is 4. The number of fused-ring (bicyclic) bond motifs is 1. The van der Waals surface area contributed by atoms with Gasteiger partial charge < -0.3 is 15.1 Å². The lowest BCUT2D eigenvalue weighted by Gasteiger charge is -2.29. The van der Waals surface area contributed by atoms with Crippen LogP contribution < -0.4 is 5.32 Å². The Labute approximate surface area is 115 Å². The summed E-state index contributed by atoms with van der Waals surface area (Å²) in [4.78, 5) is 16.3. The van der Waals surface area contributed by atoms with Gasteiger partial charge >= 0.3 is 0 Å². The van der Waals surface area contributed by atoms with Gasteiger partial charge in [-0.25, -0.2) is 0 Å². The zero-order chi connectivity index (χ0) is 13.8. The lowest BCUT2D eigenvalue weighted by molar-refractivity contribution is -0.132. The van der Waals surface area contributed by atoms with E-state index in [4.69, 9.17) is 0 Å². The molecular formula is C15H23N3O. The first kappa shape index (κ1) is 14.0. The average Bonchev–Trinajstić information content (AvgIpc) is 2.43. The van der Waals surface area contributed by atoms with Crippen LogP contribution in [0.25, 0.3) is 0 Å². The Morgan fingerprint density at radius 2 is 1.89 bits per heavy atom. The Kier molecular flexibility index (Phi) is 4.56. The first-order valence-corrected chi connectivity index (χ1v) is 6.78. The molecule has 1 aromatic carbocycles. The van der Waals surface area contributed by atoms with Crippen molar-refractivity contribution in [1.29, 1.82) is 0 Å². The van der Waals surface area contributed by atoms with Crippen LogP contribution in [-0.4, -0.2) is 56.0 Å². The van der Waals surface area contributed by atoms with Crippen molar-refractivity contribution >= 4 is 5.91 Å². The van der Waals surface area contributed by atoms with E-state index in [2.05, 4.69) is 22.3 Å². The maximum absolute atomic E-state index is 12.4. The van der Waals surface area contributed by atoms with Crippen LogP contribution in [0.2, 0.25) is 0 Å². The Morgan fingerprint density at radius 3 is 2.58 bits per heavy atom. The summed E-state index contributed by atoms with van der Waals surface area (Å²) < 4.78 is 0. The molecule has 0 saturated heterocycles. The number of hydrogen-bond donors (Lipinski definition) is 1. The van der Waals surface area contributed by atoms with Crippen molar-refractivity contribution in [3.05, 3.63) is 35.4 Å². The first-order chi connectivity index (χ1) is 9.08. The third-order valence-corrected chi connectivity index (χ3v) is 3.64. The van der Waals surface area contributed by atoms with Gasteiger partial charge in [-0.05, 0) is 31.6 Å². The number of likely N-dealkylation sites (N-methyl/N-ethyl adjacent to an activating group) is 2. The van der Waals surface area contributed by atoms with E-state index in [0.29, 0.717) is 0 Å². The average molecular weight is 261 g/mol. The fraction of sp³-hybridized carbons (Fsp3) is 0.533. The highest BCUT2D eigenvalue weighted by molar-refractivity contribution is 5.82. The van der Waals surface area contributed by atoms with Gasteiger partial charge in [-0.1, -0.05) is 24.3 Å². The number of amides is 1. The molecule has 0 aliphatic carbocycles. The molecule has 1 amide bonds. The van der Waals surface area contributed by atoms with Crippen LogP contribution in [-0.2, 0) is 17.8 Å². The second-order valence-electron chi connectivity index (χ2n) is 5.47. The number of hydrogen-bond acceptors (Lipinski definition) is 3. The Balaban J connectivity index is 1.95. The molecule has 1 aromatic rings. The Morgan fingerprint density at radius 1 is 1.21 bits per heavy atom. The largest absolute Gasteiger partial charge is 0.343 e. The summed E-state index contributed by atoms with van der Waals surface area (Å²) in [7, 11) is 5.93. The molecule has 0 radical (unpaired) electrons. The van der Waals surface area contributed by atoms with E-state index in [-0.39, 0.29) is 11.9 Å². The first-order valence-electron chi connectivity index (χ1n) is 6.78. The minimum atomic E-state index is -0.0814. The number of nitrogens with zero attached hydrogens (tertiary/aromatic N) is 2. The fourth-order valence-electron chi connectivity index (χ4n) is 2.36. The third-order valence-electron chi connectivity index (χ3n) is 3.64. The molecule has 1 aliphatic heterocycles. The molecule has 0 spiro atoms. The molecule has 1 aliphatic rings. The van der Waals surface area contributed by atoms with E-state index >= 15 is 0 Å². The monoisotopic (exact) mass is 261 g/mol. The molecule has 104 valence electrons. The van der Waals surface area contributed by atoms with Crippen LogP contribution >= 0.6 is 0 Å². The van der Waals surface area contributed by atoms with E-state index in [1.807, 2.05) is 38.2 Å². The summed E-state index contributed by atoms with van der Waals surface area (Å²) in [6, 6.07) is 8.25. The predicted octanol–water partition coefficient (Wildman–Crippen LogP) is 0.721. The normalized spacial score (nSPS) is 18.2. The zero-order valence-electron chi connectivity index (χ0n) is 12.0. The highest BCUT2D eigenvalue weighted by atomic mass is 16.2. The van der Waals surface area contributed by atoms with Gasteiger partial charge in [0.15, 0.2) is 0 Å². The highest BCUT2D eigenvalue weighted by Gasteiger charge is 2.26. The molecule has 1 atom stereocenters. The number of carbonyl (C=O) groups excluding carboxylic acids is 1. The molecular weight excluding hydrogens is 238 g/mol. The van der Waals surface area contributed by atoms with Crippen molar-refractivity contribution in [3.8, 4) is 0 Å². The summed E-state index contributed by atoms with van der Waals surface area (Å²) in [5.74, 6) is 0.191. The highest BCUT2D eigenvalue weighted by Crippen LogP contribution is 2.17. The molecule has 1 N–H and O–H groups in total. The molecule has 19 heavy (non-hydrogen) atoms. The van der Waals surface area contributed by atoms with Crippen LogP contribution in [0, 0.1) is 0 Å². The predicted molar refractivity (Wildman–Crippen MR) is 77.0 cm³/mol. The van der Waals surface area contributed by atoms with Crippen LogP contribution in [0.15, 0.2) is 24.3 Å². The van der Waals surface area contributed by atoms with Gasteiger partial charge in [-0.2, -0.15) is 0 Å². The summed E-state index contributed by atoms with van der Waals surface area (Å²) >= 11 is 0. The summed E-state index contributed by atoms with van der Waals surface area (Å²) in [6.45, 7) is 2.45. The molecule has 0 unspecified atom stereocenters. The number of carbonyl (C=O) groups is 1. The van der Waals surface area contributed by atoms with Crippen LogP contribution in [0.4, 0.5) is 0 Å². The van der Waals surface area contributed by atoms with Crippen LogP contribution in [0.3, 0.4) is 0 Å². The van der Waals surface area contributed by atoms with Crippen molar-refractivity contribution in [2.45, 2.75) is 19.0 Å². The molecule has 1 heterocycles. The van der Waals surface area contributed by atoms with E-state index in [1.165, 1.54) is 11.1 Å². The topological polar surface area (TPSA) is 35.6 Å². The molecule has 4 heteroatoms. The lowest BCUT2D eigenvalue weighted by Crippen LogP contribution is -2.49. The quantitative estimate of drug-likeness (QED) is 0.867. The van der Waals surface area contributed by atoms with Crippen LogP contribution in [0.5, 0.6) is 0 Å². The smallest absolute Gasteiger partial charge is 0.239 e. The van der Waals surface area contributed by atoms with Gasteiger partial charge in [-0.3, -0.25) is 4.79 Å². The minimum Gasteiger partial charge on any atom is -0.343 e. The molecule has 0 bridgehead atoms. The van der Waals surface area contributed by atoms with E-state index < -0.39 is 0 Å². The standard InChI is InChI=1S/C15H23N3O/c1-17(2)8-9-18(3)15(19)14-10-12-6-4-5-7-13(12)11-16-14/h4-7,14,16H,8-11H2,1-3H3/t14-/m1/s1. The molecule has 0 fully saturated rings. The molecule has 2 rings (SSSR count).